The second kappa shape index (κ2) is 3.54. The van der Waals surface area contributed by atoms with Crippen LogP contribution < -0.4 is 0 Å². The average molecular weight is 168 g/mol. The zero-order chi connectivity index (χ0) is 8.39. The fraction of sp³-hybridized carbons (Fsp3) is 0.889. The van der Waals surface area contributed by atoms with E-state index in [1.165, 1.54) is 31.4 Å². The Morgan fingerprint density at radius 1 is 1.50 bits per heavy atom. The third-order valence-corrected chi connectivity index (χ3v) is 2.86. The molecule has 12 heavy (non-hydrogen) atoms. The van der Waals surface area contributed by atoms with Crippen LogP contribution in [0.15, 0.2) is 4.99 Å². The maximum absolute atomic E-state index is 8.94. The highest BCUT2D eigenvalue weighted by molar-refractivity contribution is 5.88. The molecular weight excluding hydrogens is 152 g/mol. The van der Waals surface area contributed by atoms with E-state index in [1.54, 1.807) is 0 Å². The zero-order valence-corrected chi connectivity index (χ0v) is 7.37. The highest BCUT2D eigenvalue weighted by Crippen LogP contribution is 2.25. The molecule has 1 heterocycles. The van der Waals surface area contributed by atoms with Crippen LogP contribution in [0.3, 0.4) is 0 Å². The van der Waals surface area contributed by atoms with Crippen LogP contribution in [0.5, 0.6) is 0 Å². The van der Waals surface area contributed by atoms with Crippen molar-refractivity contribution in [2.45, 2.75) is 25.7 Å². The van der Waals surface area contributed by atoms with Crippen LogP contribution in [-0.4, -0.2) is 35.7 Å². The van der Waals surface area contributed by atoms with Crippen LogP contribution >= 0.6 is 0 Å². The van der Waals surface area contributed by atoms with Crippen molar-refractivity contribution in [3.05, 3.63) is 0 Å². The summed E-state index contributed by atoms with van der Waals surface area (Å²) in [5.41, 5.74) is 1.41. The second-order valence-corrected chi connectivity index (χ2v) is 3.73. The highest BCUT2D eigenvalue weighted by atomic mass is 16.3. The summed E-state index contributed by atoms with van der Waals surface area (Å²) in [7, 11) is 0. The number of aliphatic hydroxyl groups excluding tert-OH is 1. The molecule has 0 saturated heterocycles. The Morgan fingerprint density at radius 2 is 2.42 bits per heavy atom. The van der Waals surface area contributed by atoms with Crippen LogP contribution in [0.1, 0.15) is 25.7 Å². The van der Waals surface area contributed by atoms with Gasteiger partial charge in [-0.2, -0.15) is 0 Å². The Hall–Kier alpha value is -0.410. The fourth-order valence-corrected chi connectivity index (χ4v) is 2.14. The Bertz CT molecular complexity index is 191. The minimum Gasteiger partial charge on any atom is -0.381 e. The van der Waals surface area contributed by atoms with Gasteiger partial charge in [-0.05, 0) is 19.3 Å². The lowest BCUT2D eigenvalue weighted by atomic mass is 9.86. The van der Waals surface area contributed by atoms with Gasteiger partial charge in [0.15, 0.2) is 0 Å². The van der Waals surface area contributed by atoms with Crippen molar-refractivity contribution in [3.63, 3.8) is 0 Å². The van der Waals surface area contributed by atoms with Crippen molar-refractivity contribution in [3.8, 4) is 0 Å². The van der Waals surface area contributed by atoms with Crippen LogP contribution in [0.4, 0.5) is 0 Å². The first kappa shape index (κ1) is 8.20. The summed E-state index contributed by atoms with van der Waals surface area (Å²) in [6, 6.07) is 0. The molecule has 3 heteroatoms. The average Bonchev–Trinajstić information content (AvgIpc) is 2.17. The normalized spacial score (nSPS) is 31.1. The minimum atomic E-state index is 0.160. The molecule has 0 aromatic carbocycles. The number of aliphatic hydroxyl groups is 1. The van der Waals surface area contributed by atoms with Gasteiger partial charge in [0.25, 0.3) is 0 Å². The molecule has 1 unspecified atom stereocenters. The van der Waals surface area contributed by atoms with E-state index in [-0.39, 0.29) is 6.73 Å². The molecule has 1 saturated carbocycles. The minimum absolute atomic E-state index is 0.160. The predicted octanol–water partition coefficient (Wildman–Crippen LogP) is 0.841. The molecular formula is C9H16N2O. The van der Waals surface area contributed by atoms with Crippen molar-refractivity contribution < 1.29 is 5.11 Å². The van der Waals surface area contributed by atoms with E-state index < -0.39 is 0 Å². The van der Waals surface area contributed by atoms with Gasteiger partial charge >= 0.3 is 0 Å². The topological polar surface area (TPSA) is 35.8 Å². The standard InChI is InChI=1S/C9H16N2O/c12-7-11-5-8-3-1-2-4-9(8)10-6-11/h8,12H,1-7H2. The quantitative estimate of drug-likeness (QED) is 0.630. The largest absolute Gasteiger partial charge is 0.381 e. The first-order valence-corrected chi connectivity index (χ1v) is 4.76. The fourth-order valence-electron chi connectivity index (χ4n) is 2.14. The number of rotatable bonds is 1. The Balaban J connectivity index is 2.02. The van der Waals surface area contributed by atoms with Crippen LogP contribution in [-0.2, 0) is 0 Å². The number of hydrogen-bond acceptors (Lipinski definition) is 3. The van der Waals surface area contributed by atoms with E-state index in [1.807, 2.05) is 4.90 Å². The Morgan fingerprint density at radius 3 is 3.25 bits per heavy atom. The molecule has 0 amide bonds. The van der Waals surface area contributed by atoms with Gasteiger partial charge in [0.05, 0.1) is 13.4 Å². The van der Waals surface area contributed by atoms with Gasteiger partial charge in [-0.3, -0.25) is 9.89 Å². The summed E-state index contributed by atoms with van der Waals surface area (Å²) in [5, 5.41) is 8.94. The summed E-state index contributed by atoms with van der Waals surface area (Å²) < 4.78 is 0. The molecule has 2 rings (SSSR count). The molecule has 1 fully saturated rings. The summed E-state index contributed by atoms with van der Waals surface area (Å²) in [5.74, 6) is 0.652. The molecule has 1 atom stereocenters. The maximum atomic E-state index is 8.94. The van der Waals surface area contributed by atoms with E-state index in [2.05, 4.69) is 4.99 Å². The molecule has 1 aliphatic heterocycles. The summed E-state index contributed by atoms with van der Waals surface area (Å²) >= 11 is 0. The summed E-state index contributed by atoms with van der Waals surface area (Å²) in [6.07, 6.45) is 5.12. The lowest BCUT2D eigenvalue weighted by molar-refractivity contribution is 0.0934. The van der Waals surface area contributed by atoms with Crippen molar-refractivity contribution >= 4 is 5.71 Å². The predicted molar refractivity (Wildman–Crippen MR) is 48.1 cm³/mol. The van der Waals surface area contributed by atoms with E-state index in [4.69, 9.17) is 5.11 Å². The second-order valence-electron chi connectivity index (χ2n) is 3.73. The zero-order valence-electron chi connectivity index (χ0n) is 7.37. The van der Waals surface area contributed by atoms with Gasteiger partial charge in [0.2, 0.25) is 0 Å². The number of fused-ring (bicyclic) bond motifs is 1. The first-order valence-electron chi connectivity index (χ1n) is 4.76. The van der Waals surface area contributed by atoms with Gasteiger partial charge in [-0.1, -0.05) is 6.42 Å². The third-order valence-electron chi connectivity index (χ3n) is 2.86. The lowest BCUT2D eigenvalue weighted by Gasteiger charge is -2.33. The van der Waals surface area contributed by atoms with Gasteiger partial charge < -0.3 is 5.11 Å². The number of hydrogen-bond donors (Lipinski definition) is 1. The maximum Gasteiger partial charge on any atom is 0.0971 e. The monoisotopic (exact) mass is 168 g/mol. The molecule has 1 N–H and O–H groups in total. The van der Waals surface area contributed by atoms with Gasteiger partial charge in [-0.15, -0.1) is 0 Å². The first-order chi connectivity index (χ1) is 5.90. The summed E-state index contributed by atoms with van der Waals surface area (Å²) in [6.45, 7) is 1.89. The van der Waals surface area contributed by atoms with Gasteiger partial charge in [0, 0.05) is 18.2 Å². The van der Waals surface area contributed by atoms with Crippen molar-refractivity contribution in [1.29, 1.82) is 0 Å². The van der Waals surface area contributed by atoms with Crippen molar-refractivity contribution in [2.24, 2.45) is 10.9 Å². The Labute approximate surface area is 73.1 Å². The summed E-state index contributed by atoms with van der Waals surface area (Å²) in [4.78, 5) is 6.49. The van der Waals surface area contributed by atoms with Gasteiger partial charge in [0.1, 0.15) is 0 Å². The SMILES string of the molecule is OCN1CN=C2CCCCC2C1. The molecule has 68 valence electrons. The molecule has 1 aliphatic carbocycles. The van der Waals surface area contributed by atoms with Crippen molar-refractivity contribution in [1.82, 2.24) is 4.90 Å². The molecule has 0 bridgehead atoms. The molecule has 0 spiro atoms. The van der Waals surface area contributed by atoms with Crippen LogP contribution in [0.2, 0.25) is 0 Å². The Kier molecular flexibility index (Phi) is 2.42. The highest BCUT2D eigenvalue weighted by Gasteiger charge is 2.25. The third kappa shape index (κ3) is 1.52. The molecule has 0 aromatic heterocycles. The smallest absolute Gasteiger partial charge is 0.0971 e. The van der Waals surface area contributed by atoms with E-state index in [0.29, 0.717) is 12.6 Å². The van der Waals surface area contributed by atoms with E-state index in [9.17, 15) is 0 Å². The molecule has 0 radical (unpaired) electrons. The van der Waals surface area contributed by atoms with Crippen molar-refractivity contribution in [2.75, 3.05) is 19.9 Å². The molecule has 0 aromatic rings. The van der Waals surface area contributed by atoms with Gasteiger partial charge in [-0.25, -0.2) is 0 Å². The number of nitrogens with zero attached hydrogens (tertiary/aromatic N) is 2. The van der Waals surface area contributed by atoms with E-state index in [0.717, 1.165) is 6.54 Å². The van der Waals surface area contributed by atoms with Crippen LogP contribution in [0.25, 0.3) is 0 Å². The van der Waals surface area contributed by atoms with Crippen LogP contribution in [0, 0.1) is 5.92 Å². The molecule has 2 aliphatic rings. The van der Waals surface area contributed by atoms with E-state index >= 15 is 0 Å². The molecule has 3 nitrogen and oxygen atoms in total. The lowest BCUT2D eigenvalue weighted by Crippen LogP contribution is -2.40. The number of aliphatic imine (C=N–C) groups is 1.